The topological polar surface area (TPSA) is 74.3 Å². The number of fused-ring (bicyclic) bond motifs is 3. The van der Waals surface area contributed by atoms with Crippen LogP contribution in [0, 0.1) is 23.7 Å². The molecule has 152 valence electrons. The van der Waals surface area contributed by atoms with E-state index in [0.717, 1.165) is 25.2 Å². The second-order valence-electron chi connectivity index (χ2n) is 9.07. The highest BCUT2D eigenvalue weighted by Gasteiger charge is 2.63. The lowest BCUT2D eigenvalue weighted by molar-refractivity contribution is -0.380. The SMILES string of the molecule is CC(=O)OCC(=O)N1CCC2(CC1)OOC1(O2)C(C)CC2CC(C)CC1C2. The second-order valence-corrected chi connectivity index (χ2v) is 9.07. The minimum Gasteiger partial charge on any atom is -0.456 e. The Morgan fingerprint density at radius 3 is 2.52 bits per heavy atom. The van der Waals surface area contributed by atoms with E-state index in [-0.39, 0.29) is 12.5 Å². The smallest absolute Gasteiger partial charge is 0.303 e. The molecule has 0 N–H and O–H groups in total. The number of hydrogen-bond acceptors (Lipinski definition) is 6. The van der Waals surface area contributed by atoms with Crippen LogP contribution in [0.4, 0.5) is 0 Å². The summed E-state index contributed by atoms with van der Waals surface area (Å²) in [5, 5.41) is 0. The van der Waals surface area contributed by atoms with Gasteiger partial charge in [0.1, 0.15) is 0 Å². The van der Waals surface area contributed by atoms with Crippen LogP contribution in [0.25, 0.3) is 0 Å². The third-order valence-electron chi connectivity index (χ3n) is 6.93. The third kappa shape index (κ3) is 3.49. The van der Waals surface area contributed by atoms with E-state index in [0.29, 0.717) is 43.7 Å². The zero-order valence-electron chi connectivity index (χ0n) is 16.6. The van der Waals surface area contributed by atoms with Crippen molar-refractivity contribution in [3.8, 4) is 0 Å². The molecule has 1 amide bonds. The molecule has 2 heterocycles. The van der Waals surface area contributed by atoms with Gasteiger partial charge < -0.3 is 14.4 Å². The van der Waals surface area contributed by atoms with Gasteiger partial charge in [0.15, 0.2) is 6.61 Å². The number of carbonyl (C=O) groups is 2. The van der Waals surface area contributed by atoms with E-state index >= 15 is 0 Å². The van der Waals surface area contributed by atoms with Crippen molar-refractivity contribution in [2.24, 2.45) is 23.7 Å². The summed E-state index contributed by atoms with van der Waals surface area (Å²) in [7, 11) is 0. The first kappa shape index (κ1) is 19.2. The van der Waals surface area contributed by atoms with Gasteiger partial charge in [0, 0.05) is 44.7 Å². The number of hydrogen-bond donors (Lipinski definition) is 0. The molecule has 2 bridgehead atoms. The van der Waals surface area contributed by atoms with Gasteiger partial charge in [-0.3, -0.25) is 9.59 Å². The highest BCUT2D eigenvalue weighted by atomic mass is 17.3. The van der Waals surface area contributed by atoms with Crippen molar-refractivity contribution in [1.82, 2.24) is 4.90 Å². The normalized spacial score (nSPS) is 40.3. The van der Waals surface area contributed by atoms with Gasteiger partial charge in [-0.05, 0) is 37.5 Å². The molecule has 5 unspecified atom stereocenters. The van der Waals surface area contributed by atoms with Crippen LogP contribution < -0.4 is 0 Å². The Morgan fingerprint density at radius 2 is 1.81 bits per heavy atom. The first-order chi connectivity index (χ1) is 12.8. The number of amides is 1. The lowest BCUT2D eigenvalue weighted by Gasteiger charge is -2.50. The molecule has 0 aromatic rings. The minimum atomic E-state index is -0.764. The molecular formula is C20H31NO6. The van der Waals surface area contributed by atoms with E-state index in [4.69, 9.17) is 19.2 Å². The number of piperidine rings is 1. The molecule has 0 aromatic heterocycles. The molecule has 2 aliphatic carbocycles. The van der Waals surface area contributed by atoms with Gasteiger partial charge in [0.2, 0.25) is 11.6 Å². The summed E-state index contributed by atoms with van der Waals surface area (Å²) in [5.74, 6) is 0.112. The molecule has 27 heavy (non-hydrogen) atoms. The summed E-state index contributed by atoms with van der Waals surface area (Å²) < 4.78 is 11.4. The third-order valence-corrected chi connectivity index (χ3v) is 6.93. The van der Waals surface area contributed by atoms with Gasteiger partial charge >= 0.3 is 5.97 Å². The molecule has 0 radical (unpaired) electrons. The van der Waals surface area contributed by atoms with Crippen LogP contribution in [0.5, 0.6) is 0 Å². The first-order valence-corrected chi connectivity index (χ1v) is 10.3. The van der Waals surface area contributed by atoms with Gasteiger partial charge in [-0.1, -0.05) is 13.8 Å². The van der Waals surface area contributed by atoms with Crippen LogP contribution in [0.3, 0.4) is 0 Å². The van der Waals surface area contributed by atoms with Gasteiger partial charge in [-0.15, -0.1) is 0 Å². The maximum Gasteiger partial charge on any atom is 0.303 e. The summed E-state index contributed by atoms with van der Waals surface area (Å²) in [4.78, 5) is 36.6. The maximum absolute atomic E-state index is 12.2. The van der Waals surface area contributed by atoms with Crippen LogP contribution in [-0.2, 0) is 28.8 Å². The lowest BCUT2D eigenvalue weighted by atomic mass is 9.62. The Labute approximate surface area is 160 Å². The van der Waals surface area contributed by atoms with E-state index < -0.39 is 17.5 Å². The fraction of sp³-hybridized carbons (Fsp3) is 0.900. The Kier molecular flexibility index (Phi) is 4.97. The molecule has 5 atom stereocenters. The van der Waals surface area contributed by atoms with E-state index in [1.54, 1.807) is 4.90 Å². The van der Waals surface area contributed by atoms with Crippen molar-refractivity contribution in [1.29, 1.82) is 0 Å². The Morgan fingerprint density at radius 1 is 1.07 bits per heavy atom. The largest absolute Gasteiger partial charge is 0.456 e. The molecule has 2 spiro atoms. The van der Waals surface area contributed by atoms with Crippen LogP contribution in [0.15, 0.2) is 0 Å². The van der Waals surface area contributed by atoms with Crippen molar-refractivity contribution in [2.45, 2.75) is 70.9 Å². The van der Waals surface area contributed by atoms with Gasteiger partial charge in [0.05, 0.1) is 0 Å². The van der Waals surface area contributed by atoms with Crippen molar-refractivity contribution in [3.05, 3.63) is 0 Å². The zero-order valence-corrected chi connectivity index (χ0v) is 16.6. The first-order valence-electron chi connectivity index (χ1n) is 10.3. The summed E-state index contributed by atoms with van der Waals surface area (Å²) >= 11 is 0. The predicted molar refractivity (Wildman–Crippen MR) is 94.9 cm³/mol. The molecule has 4 aliphatic rings. The maximum atomic E-state index is 12.2. The number of nitrogens with zero attached hydrogens (tertiary/aromatic N) is 1. The number of ether oxygens (including phenoxy) is 2. The van der Waals surface area contributed by atoms with Crippen molar-refractivity contribution in [3.63, 3.8) is 0 Å². The quantitative estimate of drug-likeness (QED) is 0.541. The monoisotopic (exact) mass is 381 g/mol. The number of carbonyl (C=O) groups excluding carboxylic acids is 2. The average molecular weight is 381 g/mol. The Hall–Kier alpha value is -1.18. The van der Waals surface area contributed by atoms with Crippen LogP contribution >= 0.6 is 0 Å². The number of likely N-dealkylation sites (tertiary alicyclic amines) is 1. The Bertz CT molecular complexity index is 597. The molecule has 4 fully saturated rings. The summed E-state index contributed by atoms with van der Waals surface area (Å²) in [6.45, 7) is 6.66. The number of esters is 1. The van der Waals surface area contributed by atoms with Crippen molar-refractivity contribution < 1.29 is 28.8 Å². The van der Waals surface area contributed by atoms with E-state index in [9.17, 15) is 9.59 Å². The van der Waals surface area contributed by atoms with Crippen molar-refractivity contribution in [2.75, 3.05) is 19.7 Å². The average Bonchev–Trinajstić information content (AvgIpc) is 2.99. The zero-order chi connectivity index (χ0) is 19.2. The summed E-state index contributed by atoms with van der Waals surface area (Å²) in [5.41, 5.74) is 0. The lowest BCUT2D eigenvalue weighted by Crippen LogP contribution is -2.55. The van der Waals surface area contributed by atoms with Gasteiger partial charge in [-0.25, -0.2) is 0 Å². The van der Waals surface area contributed by atoms with Gasteiger partial charge in [-0.2, -0.15) is 9.78 Å². The van der Waals surface area contributed by atoms with E-state index in [2.05, 4.69) is 13.8 Å². The molecule has 7 heteroatoms. The van der Waals surface area contributed by atoms with Crippen LogP contribution in [0.1, 0.15) is 59.3 Å². The highest BCUT2D eigenvalue weighted by Crippen LogP contribution is 2.57. The van der Waals surface area contributed by atoms with Crippen LogP contribution in [-0.4, -0.2) is 48.0 Å². The van der Waals surface area contributed by atoms with Crippen molar-refractivity contribution >= 4 is 11.9 Å². The summed E-state index contributed by atoms with van der Waals surface area (Å²) in [6.07, 6.45) is 5.84. The molecule has 2 aliphatic heterocycles. The van der Waals surface area contributed by atoms with Gasteiger partial charge in [0.25, 0.3) is 5.91 Å². The molecular weight excluding hydrogens is 350 g/mol. The number of rotatable bonds is 2. The Balaban J connectivity index is 1.39. The molecule has 0 aromatic carbocycles. The molecule has 2 saturated heterocycles. The molecule has 4 rings (SSSR count). The van der Waals surface area contributed by atoms with E-state index in [1.165, 1.54) is 13.3 Å². The predicted octanol–water partition coefficient (Wildman–Crippen LogP) is 2.64. The molecule has 7 nitrogen and oxygen atoms in total. The minimum absolute atomic E-state index is 0.177. The summed E-state index contributed by atoms with van der Waals surface area (Å²) in [6, 6.07) is 0. The fourth-order valence-electron chi connectivity index (χ4n) is 5.67. The van der Waals surface area contributed by atoms with Crippen LogP contribution in [0.2, 0.25) is 0 Å². The molecule has 2 saturated carbocycles. The van der Waals surface area contributed by atoms with E-state index in [1.807, 2.05) is 0 Å². The second kappa shape index (κ2) is 7.01. The standard InChI is InChI=1S/C20H31NO6/c1-13-8-16-10-14(2)20(17(9-13)11-16)25-19(26-27-20)4-6-21(7-5-19)18(23)12-24-15(3)22/h13-14,16-17H,4-12H2,1-3H3. The highest BCUT2D eigenvalue weighted by molar-refractivity contribution is 5.80. The fourth-order valence-corrected chi connectivity index (χ4v) is 5.67.